The number of halogens is 2. The van der Waals surface area contributed by atoms with Gasteiger partial charge < -0.3 is 5.32 Å². The minimum atomic E-state index is -3.72. The molecule has 28 heavy (non-hydrogen) atoms. The summed E-state index contributed by atoms with van der Waals surface area (Å²) in [4.78, 5) is 13.0. The molecule has 2 atom stereocenters. The second-order valence-electron chi connectivity index (χ2n) is 6.99. The highest BCUT2D eigenvalue weighted by molar-refractivity contribution is 7.92. The summed E-state index contributed by atoms with van der Waals surface area (Å²) in [5, 5.41) is 3.56. The van der Waals surface area contributed by atoms with Crippen molar-refractivity contribution in [3.05, 3.63) is 63.6 Å². The zero-order chi connectivity index (χ0) is 20.5. The summed E-state index contributed by atoms with van der Waals surface area (Å²) < 4.78 is 25.9. The van der Waals surface area contributed by atoms with E-state index in [4.69, 9.17) is 23.2 Å². The lowest BCUT2D eigenvalue weighted by Crippen LogP contribution is -2.49. The number of carbonyl (C=O) groups is 1. The van der Waals surface area contributed by atoms with Crippen LogP contribution in [0, 0.1) is 0 Å². The molecule has 0 aromatic heterocycles. The fourth-order valence-electron chi connectivity index (χ4n) is 3.63. The van der Waals surface area contributed by atoms with Crippen LogP contribution in [0.3, 0.4) is 0 Å². The topological polar surface area (TPSA) is 66.5 Å². The maximum atomic E-state index is 13.0. The number of nitrogens with one attached hydrogen (secondary N) is 1. The van der Waals surface area contributed by atoms with Crippen LogP contribution in [0.4, 0.5) is 5.69 Å². The van der Waals surface area contributed by atoms with Gasteiger partial charge in [0.1, 0.15) is 6.04 Å². The fraction of sp³-hybridized carbons (Fsp3) is 0.350. The highest BCUT2D eigenvalue weighted by atomic mass is 35.5. The lowest BCUT2D eigenvalue weighted by atomic mass is 9.87. The third-order valence-electron chi connectivity index (χ3n) is 4.93. The van der Waals surface area contributed by atoms with Gasteiger partial charge in [0, 0.05) is 0 Å². The summed E-state index contributed by atoms with van der Waals surface area (Å²) in [6.45, 7) is 1.56. The Morgan fingerprint density at radius 2 is 1.89 bits per heavy atom. The van der Waals surface area contributed by atoms with Crippen LogP contribution in [0.5, 0.6) is 0 Å². The van der Waals surface area contributed by atoms with Gasteiger partial charge in [0.25, 0.3) is 0 Å². The molecular formula is C20H22Cl2N2O3S. The molecule has 1 N–H and O–H groups in total. The van der Waals surface area contributed by atoms with Crippen LogP contribution in [-0.4, -0.2) is 26.6 Å². The summed E-state index contributed by atoms with van der Waals surface area (Å²) in [6.07, 6.45) is 3.84. The first-order valence-electron chi connectivity index (χ1n) is 9.01. The quantitative estimate of drug-likeness (QED) is 0.751. The van der Waals surface area contributed by atoms with Crippen LogP contribution in [0.2, 0.25) is 10.0 Å². The van der Waals surface area contributed by atoms with Gasteiger partial charge >= 0.3 is 0 Å². The molecule has 0 spiro atoms. The van der Waals surface area contributed by atoms with E-state index in [1.807, 2.05) is 18.2 Å². The Labute approximate surface area is 175 Å². The number of sulfonamides is 1. The summed E-state index contributed by atoms with van der Waals surface area (Å²) in [7, 11) is -3.72. The normalized spacial score (nSPS) is 17.5. The molecule has 8 heteroatoms. The number of hydrogen-bond acceptors (Lipinski definition) is 3. The first-order chi connectivity index (χ1) is 13.2. The van der Waals surface area contributed by atoms with Crippen molar-refractivity contribution < 1.29 is 13.2 Å². The van der Waals surface area contributed by atoms with E-state index in [1.54, 1.807) is 6.92 Å². The molecule has 0 saturated heterocycles. The number of carbonyl (C=O) groups excluding carboxylic acids is 1. The molecule has 1 aliphatic rings. The van der Waals surface area contributed by atoms with Crippen molar-refractivity contribution in [3.8, 4) is 0 Å². The lowest BCUT2D eigenvalue weighted by Gasteiger charge is -2.32. The maximum Gasteiger partial charge on any atom is 0.244 e. The number of rotatable bonds is 5. The van der Waals surface area contributed by atoms with E-state index in [0.29, 0.717) is 10.7 Å². The minimum absolute atomic E-state index is 0.130. The molecule has 0 bridgehead atoms. The molecule has 0 aliphatic heterocycles. The Morgan fingerprint density at radius 1 is 1.18 bits per heavy atom. The highest BCUT2D eigenvalue weighted by Gasteiger charge is 2.31. The molecule has 5 nitrogen and oxygen atoms in total. The summed E-state index contributed by atoms with van der Waals surface area (Å²) in [6, 6.07) is 11.4. The van der Waals surface area contributed by atoms with Gasteiger partial charge in [-0.25, -0.2) is 8.42 Å². The van der Waals surface area contributed by atoms with E-state index in [0.717, 1.165) is 35.4 Å². The Hall–Kier alpha value is -1.76. The molecule has 2 aromatic rings. The van der Waals surface area contributed by atoms with Gasteiger partial charge in [0.2, 0.25) is 15.9 Å². The fourth-order valence-corrected chi connectivity index (χ4v) is 5.09. The zero-order valence-corrected chi connectivity index (χ0v) is 18.0. The van der Waals surface area contributed by atoms with Crippen molar-refractivity contribution in [2.45, 2.75) is 38.3 Å². The molecule has 0 unspecified atom stereocenters. The average molecular weight is 441 g/mol. The van der Waals surface area contributed by atoms with Gasteiger partial charge in [-0.05, 0) is 55.5 Å². The summed E-state index contributed by atoms with van der Waals surface area (Å²) in [5.74, 6) is -0.363. The van der Waals surface area contributed by atoms with E-state index < -0.39 is 16.1 Å². The number of fused-ring (bicyclic) bond motifs is 1. The molecule has 0 heterocycles. The van der Waals surface area contributed by atoms with Crippen molar-refractivity contribution in [3.63, 3.8) is 0 Å². The Balaban J connectivity index is 1.86. The molecule has 1 amide bonds. The van der Waals surface area contributed by atoms with Crippen LogP contribution >= 0.6 is 23.2 Å². The van der Waals surface area contributed by atoms with Crippen LogP contribution in [0.1, 0.15) is 36.9 Å². The van der Waals surface area contributed by atoms with Crippen molar-refractivity contribution in [2.24, 2.45) is 0 Å². The summed E-state index contributed by atoms with van der Waals surface area (Å²) >= 11 is 12.0. The van der Waals surface area contributed by atoms with Gasteiger partial charge in [0.05, 0.1) is 28.0 Å². The Bertz CT molecular complexity index is 995. The molecule has 1 aliphatic carbocycles. The monoisotopic (exact) mass is 440 g/mol. The first kappa shape index (κ1) is 21.0. The van der Waals surface area contributed by atoms with Gasteiger partial charge in [-0.15, -0.1) is 0 Å². The number of anilines is 1. The second kappa shape index (κ2) is 8.31. The molecule has 3 rings (SSSR count). The van der Waals surface area contributed by atoms with Crippen LogP contribution in [-0.2, 0) is 21.2 Å². The first-order valence-corrected chi connectivity index (χ1v) is 11.6. The number of nitrogens with zero attached hydrogens (tertiary/aromatic N) is 1. The summed E-state index contributed by atoms with van der Waals surface area (Å²) in [5.41, 5.74) is 2.61. The second-order valence-corrected chi connectivity index (χ2v) is 9.66. The highest BCUT2D eigenvalue weighted by Crippen LogP contribution is 2.31. The van der Waals surface area contributed by atoms with Crippen molar-refractivity contribution in [2.75, 3.05) is 10.6 Å². The molecule has 0 radical (unpaired) electrons. The van der Waals surface area contributed by atoms with Crippen LogP contribution < -0.4 is 9.62 Å². The number of amides is 1. The predicted octanol–water partition coefficient (Wildman–Crippen LogP) is 4.34. The van der Waals surface area contributed by atoms with E-state index in [9.17, 15) is 13.2 Å². The van der Waals surface area contributed by atoms with Crippen molar-refractivity contribution >= 4 is 44.8 Å². The zero-order valence-electron chi connectivity index (χ0n) is 15.7. The lowest BCUT2D eigenvalue weighted by molar-refractivity contribution is -0.122. The number of aryl methyl sites for hydroxylation is 1. The van der Waals surface area contributed by atoms with Crippen molar-refractivity contribution in [1.29, 1.82) is 0 Å². The van der Waals surface area contributed by atoms with Crippen LogP contribution in [0.15, 0.2) is 42.5 Å². The largest absolute Gasteiger partial charge is 0.347 e. The van der Waals surface area contributed by atoms with Gasteiger partial charge in [-0.2, -0.15) is 0 Å². The van der Waals surface area contributed by atoms with Gasteiger partial charge in [-0.3, -0.25) is 9.10 Å². The number of hydrogen-bond donors (Lipinski definition) is 1. The molecule has 2 aromatic carbocycles. The van der Waals surface area contributed by atoms with E-state index in [1.165, 1.54) is 23.8 Å². The molecule has 150 valence electrons. The molecule has 0 fully saturated rings. The molecule has 0 saturated carbocycles. The standard InChI is InChI=1S/C20H22Cl2N2O3S/c1-13(24(28(2,26)27)15-10-11-17(21)18(22)12-15)20(25)23-19-9-5-7-14-6-3-4-8-16(14)19/h3-4,6,8,10-13,19H,5,7,9H2,1-2H3,(H,23,25)/t13-,19+/m1/s1. The third-order valence-corrected chi connectivity index (χ3v) is 6.91. The smallest absolute Gasteiger partial charge is 0.244 e. The van der Waals surface area contributed by atoms with Crippen molar-refractivity contribution in [1.82, 2.24) is 5.32 Å². The third kappa shape index (κ3) is 4.45. The Kier molecular flexibility index (Phi) is 6.22. The number of benzene rings is 2. The minimum Gasteiger partial charge on any atom is -0.347 e. The van der Waals surface area contributed by atoms with Gasteiger partial charge in [0.15, 0.2) is 0 Å². The molecular weight excluding hydrogens is 419 g/mol. The maximum absolute atomic E-state index is 13.0. The average Bonchev–Trinajstić information content (AvgIpc) is 2.64. The van der Waals surface area contributed by atoms with Crippen LogP contribution in [0.25, 0.3) is 0 Å². The Morgan fingerprint density at radius 3 is 2.57 bits per heavy atom. The van der Waals surface area contributed by atoms with E-state index in [2.05, 4.69) is 11.4 Å². The van der Waals surface area contributed by atoms with E-state index in [-0.39, 0.29) is 17.0 Å². The van der Waals surface area contributed by atoms with E-state index >= 15 is 0 Å². The predicted molar refractivity (Wildman–Crippen MR) is 114 cm³/mol. The SMILES string of the molecule is C[C@H](C(=O)N[C@H]1CCCc2ccccc21)N(c1ccc(Cl)c(Cl)c1)S(C)(=O)=O. The van der Waals surface area contributed by atoms with Gasteiger partial charge in [-0.1, -0.05) is 47.5 Å².